The quantitative estimate of drug-likeness (QED) is 0.741. The molecule has 0 radical (unpaired) electrons. The van der Waals surface area contributed by atoms with Gasteiger partial charge in [-0.2, -0.15) is 0 Å². The maximum atomic E-state index is 12.2. The lowest BCUT2D eigenvalue weighted by atomic mass is 9.99. The number of carboxylic acids is 1. The molecule has 2 N–H and O–H groups in total. The molecule has 19 heavy (non-hydrogen) atoms. The molecule has 0 aliphatic carbocycles. The molecule has 2 rings (SSSR count). The third kappa shape index (κ3) is 2.98. The van der Waals surface area contributed by atoms with Crippen molar-refractivity contribution in [3.05, 3.63) is 0 Å². The van der Waals surface area contributed by atoms with Gasteiger partial charge < -0.3 is 24.8 Å². The maximum Gasteiger partial charge on any atom is 0.332 e. The van der Waals surface area contributed by atoms with Crippen molar-refractivity contribution in [3.63, 3.8) is 0 Å². The minimum Gasteiger partial charge on any atom is -0.479 e. The van der Waals surface area contributed by atoms with Crippen LogP contribution in [0.25, 0.3) is 0 Å². The molecule has 2 amide bonds. The van der Waals surface area contributed by atoms with Gasteiger partial charge in [0.25, 0.3) is 0 Å². The first-order valence-corrected chi connectivity index (χ1v) is 6.46. The fraction of sp³-hybridized carbons (Fsp3) is 0.833. The number of hydrogen-bond donors (Lipinski definition) is 2. The van der Waals surface area contributed by atoms with Gasteiger partial charge in [-0.1, -0.05) is 0 Å². The molecule has 2 heterocycles. The molecule has 108 valence electrons. The topological polar surface area (TPSA) is 88.1 Å². The van der Waals surface area contributed by atoms with Gasteiger partial charge in [-0.25, -0.2) is 9.59 Å². The lowest BCUT2D eigenvalue weighted by molar-refractivity contribution is -0.144. The fourth-order valence-electron chi connectivity index (χ4n) is 2.51. The summed E-state index contributed by atoms with van der Waals surface area (Å²) in [6, 6.07) is -0.366. The molecule has 2 aliphatic rings. The lowest BCUT2D eigenvalue weighted by Crippen LogP contribution is -2.61. The van der Waals surface area contributed by atoms with Gasteiger partial charge >= 0.3 is 12.0 Å². The predicted octanol–water partition coefficient (Wildman–Crippen LogP) is 0.0489. The van der Waals surface area contributed by atoms with Crippen LogP contribution in [0.1, 0.15) is 20.3 Å². The van der Waals surface area contributed by atoms with E-state index in [2.05, 4.69) is 5.32 Å². The van der Waals surface area contributed by atoms with Crippen molar-refractivity contribution >= 4 is 12.0 Å². The van der Waals surface area contributed by atoms with Crippen molar-refractivity contribution in [1.82, 2.24) is 10.2 Å². The Morgan fingerprint density at radius 2 is 1.95 bits per heavy atom. The van der Waals surface area contributed by atoms with Gasteiger partial charge in [0.15, 0.2) is 5.54 Å². The highest BCUT2D eigenvalue weighted by Crippen LogP contribution is 2.20. The Kier molecular flexibility index (Phi) is 3.96. The Morgan fingerprint density at radius 1 is 1.32 bits per heavy atom. The first-order chi connectivity index (χ1) is 8.93. The summed E-state index contributed by atoms with van der Waals surface area (Å²) in [6.45, 7) is 5.08. The van der Waals surface area contributed by atoms with E-state index in [1.54, 1.807) is 4.90 Å². The molecule has 0 saturated carbocycles. The van der Waals surface area contributed by atoms with E-state index in [1.807, 2.05) is 13.8 Å². The van der Waals surface area contributed by atoms with E-state index in [0.29, 0.717) is 26.1 Å². The molecule has 0 bridgehead atoms. The number of nitrogens with one attached hydrogen (secondary N) is 1. The molecule has 0 spiro atoms. The summed E-state index contributed by atoms with van der Waals surface area (Å²) in [5.41, 5.74) is -1.29. The van der Waals surface area contributed by atoms with Gasteiger partial charge in [0.05, 0.1) is 18.8 Å². The van der Waals surface area contributed by atoms with Crippen LogP contribution in [0.3, 0.4) is 0 Å². The Hall–Kier alpha value is -1.34. The normalized spacial score (nSPS) is 35.2. The highest BCUT2D eigenvalue weighted by atomic mass is 16.5. The second kappa shape index (κ2) is 5.34. The second-order valence-corrected chi connectivity index (χ2v) is 5.28. The van der Waals surface area contributed by atoms with Crippen molar-refractivity contribution in [2.45, 2.75) is 38.0 Å². The number of carbonyl (C=O) groups is 2. The SMILES string of the molecule is CC1CN(C(=O)NC2(C(=O)O)CCOC2)CC(C)O1. The average Bonchev–Trinajstić information content (AvgIpc) is 2.77. The third-order valence-corrected chi connectivity index (χ3v) is 3.48. The molecular formula is C12H20N2O5. The lowest BCUT2D eigenvalue weighted by Gasteiger charge is -2.37. The molecule has 2 aliphatic heterocycles. The maximum absolute atomic E-state index is 12.2. The Morgan fingerprint density at radius 3 is 2.42 bits per heavy atom. The summed E-state index contributed by atoms with van der Waals surface area (Å²) in [6.07, 6.45) is 0.203. The molecule has 7 nitrogen and oxygen atoms in total. The second-order valence-electron chi connectivity index (χ2n) is 5.28. The van der Waals surface area contributed by atoms with E-state index in [1.165, 1.54) is 0 Å². The van der Waals surface area contributed by atoms with Crippen molar-refractivity contribution in [2.24, 2.45) is 0 Å². The standard InChI is InChI=1S/C12H20N2O5/c1-8-5-14(6-9(2)19-8)11(17)13-12(10(15)16)3-4-18-7-12/h8-9H,3-7H2,1-2H3,(H,13,17)(H,15,16). The summed E-state index contributed by atoms with van der Waals surface area (Å²) < 4.78 is 10.7. The minimum absolute atomic E-state index is 0.0174. The van der Waals surface area contributed by atoms with E-state index < -0.39 is 11.5 Å². The fourth-order valence-corrected chi connectivity index (χ4v) is 2.51. The predicted molar refractivity (Wildman–Crippen MR) is 65.9 cm³/mol. The number of hydrogen-bond acceptors (Lipinski definition) is 4. The number of morpholine rings is 1. The molecule has 7 heteroatoms. The summed E-state index contributed by atoms with van der Waals surface area (Å²) >= 11 is 0. The summed E-state index contributed by atoms with van der Waals surface area (Å²) in [4.78, 5) is 25.1. The van der Waals surface area contributed by atoms with Crippen molar-refractivity contribution < 1.29 is 24.2 Å². The number of rotatable bonds is 2. The number of amides is 2. The monoisotopic (exact) mass is 272 g/mol. The van der Waals surface area contributed by atoms with Gasteiger partial charge in [-0.15, -0.1) is 0 Å². The largest absolute Gasteiger partial charge is 0.479 e. The highest BCUT2D eigenvalue weighted by molar-refractivity contribution is 5.86. The molecule has 2 fully saturated rings. The van der Waals surface area contributed by atoms with E-state index in [9.17, 15) is 14.7 Å². The zero-order chi connectivity index (χ0) is 14.0. The molecule has 0 aromatic carbocycles. The van der Waals surface area contributed by atoms with E-state index >= 15 is 0 Å². The smallest absolute Gasteiger partial charge is 0.332 e. The zero-order valence-electron chi connectivity index (χ0n) is 11.2. The van der Waals surface area contributed by atoms with E-state index in [0.717, 1.165) is 0 Å². The number of ether oxygens (including phenoxy) is 2. The number of carboxylic acid groups (broad SMARTS) is 1. The van der Waals surface area contributed by atoms with Crippen molar-refractivity contribution in [2.75, 3.05) is 26.3 Å². The number of nitrogens with zero attached hydrogens (tertiary/aromatic N) is 1. The van der Waals surface area contributed by atoms with Crippen molar-refractivity contribution in [1.29, 1.82) is 0 Å². The van der Waals surface area contributed by atoms with Gasteiger partial charge in [0.2, 0.25) is 0 Å². The van der Waals surface area contributed by atoms with Crippen LogP contribution in [0, 0.1) is 0 Å². The van der Waals surface area contributed by atoms with Gasteiger partial charge in [-0.3, -0.25) is 0 Å². The Labute approximate surface area is 111 Å². The van der Waals surface area contributed by atoms with Crippen LogP contribution in [0.5, 0.6) is 0 Å². The van der Waals surface area contributed by atoms with Crippen LogP contribution in [-0.4, -0.2) is 66.1 Å². The summed E-state index contributed by atoms with van der Waals surface area (Å²) in [7, 11) is 0. The highest BCUT2D eigenvalue weighted by Gasteiger charge is 2.45. The molecule has 3 unspecified atom stereocenters. The Balaban J connectivity index is 2.01. The molecule has 2 saturated heterocycles. The zero-order valence-corrected chi connectivity index (χ0v) is 11.2. The van der Waals surface area contributed by atoms with Crippen LogP contribution in [-0.2, 0) is 14.3 Å². The first kappa shape index (κ1) is 14.1. The first-order valence-electron chi connectivity index (χ1n) is 6.46. The molecular weight excluding hydrogens is 252 g/mol. The number of aliphatic carboxylic acids is 1. The van der Waals surface area contributed by atoms with Crippen LogP contribution in [0.2, 0.25) is 0 Å². The van der Waals surface area contributed by atoms with Gasteiger partial charge in [0, 0.05) is 26.1 Å². The minimum atomic E-state index is -1.29. The van der Waals surface area contributed by atoms with Crippen LogP contribution in [0.4, 0.5) is 4.79 Å². The third-order valence-electron chi connectivity index (χ3n) is 3.48. The Bertz CT molecular complexity index is 357. The summed E-state index contributed by atoms with van der Waals surface area (Å²) in [5.74, 6) is -1.05. The van der Waals surface area contributed by atoms with E-state index in [4.69, 9.17) is 9.47 Å². The number of urea groups is 1. The van der Waals surface area contributed by atoms with Crippen LogP contribution in [0.15, 0.2) is 0 Å². The van der Waals surface area contributed by atoms with Crippen LogP contribution >= 0.6 is 0 Å². The average molecular weight is 272 g/mol. The molecule has 0 aromatic rings. The van der Waals surface area contributed by atoms with Gasteiger partial charge in [-0.05, 0) is 13.8 Å². The molecule has 0 aromatic heterocycles. The van der Waals surface area contributed by atoms with Gasteiger partial charge in [0.1, 0.15) is 0 Å². The van der Waals surface area contributed by atoms with Crippen LogP contribution < -0.4 is 5.32 Å². The number of carbonyl (C=O) groups excluding carboxylic acids is 1. The van der Waals surface area contributed by atoms with Crippen molar-refractivity contribution in [3.8, 4) is 0 Å². The summed E-state index contributed by atoms with van der Waals surface area (Å²) in [5, 5.41) is 11.9. The van der Waals surface area contributed by atoms with E-state index in [-0.39, 0.29) is 24.8 Å². The molecule has 3 atom stereocenters.